The minimum atomic E-state index is 0.124. The van der Waals surface area contributed by atoms with Gasteiger partial charge in [0.25, 0.3) is 0 Å². The van der Waals surface area contributed by atoms with Crippen molar-refractivity contribution in [2.24, 2.45) is 0 Å². The van der Waals surface area contributed by atoms with E-state index < -0.39 is 0 Å². The summed E-state index contributed by atoms with van der Waals surface area (Å²) >= 11 is 0. The molecule has 1 aliphatic heterocycles. The Morgan fingerprint density at radius 1 is 0.960 bits per heavy atom. The average Bonchev–Trinajstić information content (AvgIpc) is 2.91. The molecule has 0 spiro atoms. The Labute approximate surface area is 141 Å². The zero-order valence-electron chi connectivity index (χ0n) is 12.9. The molecule has 6 N–H and O–H groups in total. The van der Waals surface area contributed by atoms with E-state index in [-0.39, 0.29) is 5.95 Å². The number of aromatic amines is 1. The highest BCUT2D eigenvalue weighted by atomic mass is 16.5. The van der Waals surface area contributed by atoms with Gasteiger partial charge >= 0.3 is 0 Å². The lowest BCUT2D eigenvalue weighted by Gasteiger charge is -2.09. The Hall–Kier alpha value is -3.81. The number of benzene rings is 2. The normalized spacial score (nSPS) is 12.2. The molecule has 0 saturated heterocycles. The van der Waals surface area contributed by atoms with Crippen LogP contribution in [0.15, 0.2) is 42.5 Å². The molecule has 1 aliphatic rings. The van der Waals surface area contributed by atoms with E-state index in [1.165, 1.54) is 0 Å². The molecule has 3 heterocycles. The van der Waals surface area contributed by atoms with E-state index in [1.54, 1.807) is 6.07 Å². The highest BCUT2D eigenvalue weighted by Crippen LogP contribution is 2.43. The Balaban J connectivity index is 1.75. The highest BCUT2D eigenvalue weighted by Gasteiger charge is 2.20. The summed E-state index contributed by atoms with van der Waals surface area (Å²) in [6.45, 7) is 0. The van der Waals surface area contributed by atoms with Gasteiger partial charge in [-0.2, -0.15) is 10.1 Å². The van der Waals surface area contributed by atoms with Gasteiger partial charge in [-0.25, -0.2) is 4.98 Å². The second kappa shape index (κ2) is 4.84. The molecule has 0 bridgehead atoms. The van der Waals surface area contributed by atoms with Crippen LogP contribution in [0.1, 0.15) is 0 Å². The Bertz CT molecular complexity index is 1120. The molecular formula is C17H13N7O. The van der Waals surface area contributed by atoms with Gasteiger partial charge in [0.2, 0.25) is 5.95 Å². The van der Waals surface area contributed by atoms with Crippen molar-refractivity contribution < 1.29 is 4.74 Å². The lowest BCUT2D eigenvalue weighted by Crippen LogP contribution is -2.00. The minimum Gasteiger partial charge on any atom is -0.454 e. The van der Waals surface area contributed by atoms with Gasteiger partial charge in [0.15, 0.2) is 11.6 Å². The second-order valence-corrected chi connectivity index (χ2v) is 5.73. The summed E-state index contributed by atoms with van der Waals surface area (Å²) in [5, 5.41) is 11.5. The third-order valence-electron chi connectivity index (χ3n) is 4.05. The molecule has 2 aromatic carbocycles. The standard InChI is InChI=1S/C17H13N7O/c18-14-7-10(21-17(19)22-14)8-5-11-15-13(6-8)25-12-4-2-1-3-9(12)20-16(15)24-23-11/h1-7H,(H2,20,23,24)(H4,18,19,21,22). The Kier molecular flexibility index (Phi) is 2.64. The maximum Gasteiger partial charge on any atom is 0.222 e. The Morgan fingerprint density at radius 2 is 1.84 bits per heavy atom. The number of nitrogens with one attached hydrogen (secondary N) is 2. The van der Waals surface area contributed by atoms with E-state index >= 15 is 0 Å². The minimum absolute atomic E-state index is 0.124. The van der Waals surface area contributed by atoms with Crippen LogP contribution in [0.4, 0.5) is 23.3 Å². The first kappa shape index (κ1) is 13.6. The van der Waals surface area contributed by atoms with Crippen LogP contribution in [-0.4, -0.2) is 20.2 Å². The molecule has 8 nitrogen and oxygen atoms in total. The van der Waals surface area contributed by atoms with Crippen LogP contribution in [0.5, 0.6) is 11.5 Å². The maximum atomic E-state index is 6.13. The molecule has 0 amide bonds. The molecule has 0 fully saturated rings. The van der Waals surface area contributed by atoms with Gasteiger partial charge in [-0.1, -0.05) is 12.1 Å². The smallest absolute Gasteiger partial charge is 0.222 e. The molecule has 5 rings (SSSR count). The van der Waals surface area contributed by atoms with Gasteiger partial charge in [-0.15, -0.1) is 0 Å². The SMILES string of the molecule is Nc1cc(-c2cc3c4c(n[nH]c4c2)Nc2ccccc2O3)nc(N)n1. The van der Waals surface area contributed by atoms with Crippen molar-refractivity contribution in [1.82, 2.24) is 20.2 Å². The molecule has 25 heavy (non-hydrogen) atoms. The molecule has 0 unspecified atom stereocenters. The molecule has 2 aromatic heterocycles. The number of ether oxygens (including phenoxy) is 1. The fourth-order valence-corrected chi connectivity index (χ4v) is 2.98. The topological polar surface area (TPSA) is 128 Å². The highest BCUT2D eigenvalue weighted by molar-refractivity contribution is 6.00. The third kappa shape index (κ3) is 2.12. The number of anilines is 4. The maximum absolute atomic E-state index is 6.13. The van der Waals surface area contributed by atoms with Crippen molar-refractivity contribution in [2.45, 2.75) is 0 Å². The molecule has 0 aliphatic carbocycles. The molecule has 122 valence electrons. The van der Waals surface area contributed by atoms with Crippen molar-refractivity contribution in [3.8, 4) is 22.8 Å². The predicted octanol–water partition coefficient (Wildman–Crippen LogP) is 3.03. The molecule has 8 heteroatoms. The second-order valence-electron chi connectivity index (χ2n) is 5.73. The molecule has 0 radical (unpaired) electrons. The van der Waals surface area contributed by atoms with Crippen molar-refractivity contribution >= 4 is 34.2 Å². The van der Waals surface area contributed by atoms with Crippen LogP contribution >= 0.6 is 0 Å². The van der Waals surface area contributed by atoms with Gasteiger partial charge in [-0.3, -0.25) is 5.10 Å². The van der Waals surface area contributed by atoms with Crippen molar-refractivity contribution in [3.63, 3.8) is 0 Å². The van der Waals surface area contributed by atoms with Gasteiger partial charge in [0.1, 0.15) is 11.6 Å². The van der Waals surface area contributed by atoms with E-state index in [1.807, 2.05) is 36.4 Å². The molecule has 4 aromatic rings. The number of H-pyrrole nitrogens is 1. The summed E-state index contributed by atoms with van der Waals surface area (Å²) < 4.78 is 6.13. The van der Waals surface area contributed by atoms with Crippen LogP contribution in [0.2, 0.25) is 0 Å². The number of hydrogen-bond acceptors (Lipinski definition) is 7. The van der Waals surface area contributed by atoms with Crippen molar-refractivity contribution in [1.29, 1.82) is 0 Å². The van der Waals surface area contributed by atoms with Gasteiger partial charge in [-0.05, 0) is 24.3 Å². The quantitative estimate of drug-likeness (QED) is 0.371. The lowest BCUT2D eigenvalue weighted by molar-refractivity contribution is 0.492. The summed E-state index contributed by atoms with van der Waals surface area (Å²) in [4.78, 5) is 8.17. The van der Waals surface area contributed by atoms with E-state index in [0.717, 1.165) is 27.9 Å². The number of nitrogen functional groups attached to an aromatic ring is 2. The largest absolute Gasteiger partial charge is 0.454 e. The number of para-hydroxylation sites is 2. The van der Waals surface area contributed by atoms with E-state index in [9.17, 15) is 0 Å². The third-order valence-corrected chi connectivity index (χ3v) is 4.05. The van der Waals surface area contributed by atoms with Gasteiger partial charge in [0.05, 0.1) is 22.3 Å². The van der Waals surface area contributed by atoms with Crippen LogP contribution in [0.25, 0.3) is 22.2 Å². The number of nitrogens with two attached hydrogens (primary N) is 2. The summed E-state index contributed by atoms with van der Waals surface area (Å²) in [6, 6.07) is 13.2. The number of aromatic nitrogens is 4. The predicted molar refractivity (Wildman–Crippen MR) is 95.7 cm³/mol. The zero-order chi connectivity index (χ0) is 17.0. The van der Waals surface area contributed by atoms with Gasteiger partial charge in [0, 0.05) is 11.6 Å². The molecule has 0 saturated carbocycles. The summed E-state index contributed by atoms with van der Waals surface area (Å²) in [7, 11) is 0. The van der Waals surface area contributed by atoms with Crippen molar-refractivity contribution in [3.05, 3.63) is 42.5 Å². The monoisotopic (exact) mass is 331 g/mol. The van der Waals surface area contributed by atoms with Crippen LogP contribution in [0.3, 0.4) is 0 Å². The summed E-state index contributed by atoms with van der Waals surface area (Å²) in [6.07, 6.45) is 0. The molecular weight excluding hydrogens is 318 g/mol. The van der Waals surface area contributed by atoms with Crippen LogP contribution in [0, 0.1) is 0 Å². The Morgan fingerprint density at radius 3 is 2.72 bits per heavy atom. The van der Waals surface area contributed by atoms with Crippen molar-refractivity contribution in [2.75, 3.05) is 16.8 Å². The van der Waals surface area contributed by atoms with Gasteiger partial charge < -0.3 is 21.5 Å². The first-order valence-corrected chi connectivity index (χ1v) is 7.64. The average molecular weight is 331 g/mol. The summed E-state index contributed by atoms with van der Waals surface area (Å²) in [5.74, 6) is 2.54. The van der Waals surface area contributed by atoms with Crippen LogP contribution < -0.4 is 21.5 Å². The fourth-order valence-electron chi connectivity index (χ4n) is 2.98. The van der Waals surface area contributed by atoms with E-state index in [0.29, 0.717) is 23.1 Å². The lowest BCUT2D eigenvalue weighted by atomic mass is 10.1. The first-order chi connectivity index (χ1) is 12.2. The first-order valence-electron chi connectivity index (χ1n) is 7.64. The van der Waals surface area contributed by atoms with Crippen LogP contribution in [-0.2, 0) is 0 Å². The zero-order valence-corrected chi connectivity index (χ0v) is 12.9. The number of rotatable bonds is 1. The number of hydrogen-bond donors (Lipinski definition) is 4. The number of fused-ring (bicyclic) bond motifs is 1. The summed E-state index contributed by atoms with van der Waals surface area (Å²) in [5.41, 5.74) is 14.6. The van der Waals surface area contributed by atoms with E-state index in [2.05, 4.69) is 25.5 Å². The van der Waals surface area contributed by atoms with E-state index in [4.69, 9.17) is 16.2 Å². The number of nitrogens with zero attached hydrogens (tertiary/aromatic N) is 3. The molecule has 0 atom stereocenters. The fraction of sp³-hybridized carbons (Fsp3) is 0.